The molecule has 2 atom stereocenters. The van der Waals surface area contributed by atoms with Crippen LogP contribution in [0.25, 0.3) is 0 Å². The highest BCUT2D eigenvalue weighted by Crippen LogP contribution is 2.39. The van der Waals surface area contributed by atoms with Gasteiger partial charge in [0.05, 0.1) is 37.1 Å². The number of ether oxygens (including phenoxy) is 1. The molecule has 13 heteroatoms. The predicted octanol–water partition coefficient (Wildman–Crippen LogP) is 2.88. The zero-order valence-electron chi connectivity index (χ0n) is 21.8. The van der Waals surface area contributed by atoms with Crippen LogP contribution < -0.4 is 10.1 Å². The van der Waals surface area contributed by atoms with Gasteiger partial charge in [0, 0.05) is 39.8 Å². The standard InChI is InChI=1S/C26H32F3N5O5/c1-32(2)22(35)13-21-20-12-19(39-9-6-18-14-33-8-3-7-30-25(33)31-18)5-4-16(20)10-17(11-23(36)37)24(38)34(21)15-26(27,28)29/h4-5,12,14,17,21H,3,6-11,13,15H2,1-2H3,(H,30,31)(H,36,37)/t17-,21?/m0/s1. The van der Waals surface area contributed by atoms with E-state index in [9.17, 15) is 32.7 Å². The summed E-state index contributed by atoms with van der Waals surface area (Å²) in [7, 11) is 2.96. The van der Waals surface area contributed by atoms with Crippen LogP contribution in [-0.4, -0.2) is 82.2 Å². The first-order valence-corrected chi connectivity index (χ1v) is 12.8. The lowest BCUT2D eigenvalue weighted by Gasteiger charge is -2.33. The molecule has 0 fully saturated rings. The Balaban J connectivity index is 1.62. The first-order chi connectivity index (χ1) is 18.4. The van der Waals surface area contributed by atoms with E-state index in [0.717, 1.165) is 31.2 Å². The van der Waals surface area contributed by atoms with E-state index in [2.05, 4.69) is 10.3 Å². The van der Waals surface area contributed by atoms with Crippen molar-refractivity contribution in [2.24, 2.45) is 5.92 Å². The summed E-state index contributed by atoms with van der Waals surface area (Å²) in [4.78, 5) is 43.8. The Hall–Kier alpha value is -3.77. The molecule has 0 bridgehead atoms. The number of alkyl halides is 3. The van der Waals surface area contributed by atoms with Crippen molar-refractivity contribution in [3.63, 3.8) is 0 Å². The van der Waals surface area contributed by atoms with Crippen LogP contribution in [0.1, 0.15) is 42.1 Å². The fraction of sp³-hybridized carbons (Fsp3) is 0.538. The summed E-state index contributed by atoms with van der Waals surface area (Å²) in [5, 5.41) is 12.6. The molecule has 1 aromatic heterocycles. The summed E-state index contributed by atoms with van der Waals surface area (Å²) in [6.45, 7) is 0.394. The minimum absolute atomic E-state index is 0.0605. The lowest BCUT2D eigenvalue weighted by molar-refractivity contribution is -0.170. The van der Waals surface area contributed by atoms with Crippen LogP contribution in [0.3, 0.4) is 0 Å². The SMILES string of the molecule is CN(C)C(=O)CC1c2cc(OCCc3cn4c(n3)NCCC4)ccc2C[C@@H](CC(=O)O)C(=O)N1CC(F)(F)F. The van der Waals surface area contributed by atoms with Gasteiger partial charge in [-0.25, -0.2) is 4.98 Å². The van der Waals surface area contributed by atoms with Crippen LogP contribution in [0.2, 0.25) is 0 Å². The molecule has 10 nitrogen and oxygen atoms in total. The maximum absolute atomic E-state index is 13.6. The van der Waals surface area contributed by atoms with Crippen molar-refractivity contribution in [2.45, 2.75) is 50.9 Å². The lowest BCUT2D eigenvalue weighted by Crippen LogP contribution is -2.45. The van der Waals surface area contributed by atoms with Gasteiger partial charge < -0.3 is 29.5 Å². The number of halogens is 3. The second-order valence-electron chi connectivity index (χ2n) is 10.1. The lowest BCUT2D eigenvalue weighted by atomic mass is 9.92. The monoisotopic (exact) mass is 551 g/mol. The van der Waals surface area contributed by atoms with Crippen LogP contribution in [0.15, 0.2) is 24.4 Å². The quantitative estimate of drug-likeness (QED) is 0.492. The number of carboxylic acids is 1. The van der Waals surface area contributed by atoms with Crippen molar-refractivity contribution in [3.05, 3.63) is 41.2 Å². The number of aryl methyl sites for hydroxylation is 1. The van der Waals surface area contributed by atoms with E-state index in [4.69, 9.17) is 4.74 Å². The second kappa shape index (κ2) is 11.5. The number of carbonyl (C=O) groups excluding carboxylic acids is 2. The van der Waals surface area contributed by atoms with E-state index in [1.165, 1.54) is 19.0 Å². The first-order valence-electron chi connectivity index (χ1n) is 12.8. The molecule has 2 aliphatic rings. The zero-order valence-corrected chi connectivity index (χ0v) is 21.8. The third kappa shape index (κ3) is 7.01. The minimum atomic E-state index is -4.75. The molecule has 0 radical (unpaired) electrons. The second-order valence-corrected chi connectivity index (χ2v) is 10.1. The highest BCUT2D eigenvalue weighted by atomic mass is 19.4. The molecule has 3 heterocycles. The van der Waals surface area contributed by atoms with Crippen molar-refractivity contribution < 1.29 is 37.4 Å². The molecule has 1 aromatic carbocycles. The number of aromatic nitrogens is 2. The number of nitrogens with zero attached hydrogens (tertiary/aromatic N) is 4. The number of fused-ring (bicyclic) bond motifs is 2. The number of hydrogen-bond donors (Lipinski definition) is 2. The Morgan fingerprint density at radius 1 is 1.26 bits per heavy atom. The number of rotatable bonds is 9. The molecule has 0 spiro atoms. The Labute approximate surface area is 223 Å². The number of anilines is 1. The van der Waals surface area contributed by atoms with Gasteiger partial charge in [0.1, 0.15) is 12.3 Å². The van der Waals surface area contributed by atoms with Crippen LogP contribution in [0.4, 0.5) is 19.1 Å². The molecule has 212 valence electrons. The molecule has 4 rings (SSSR count). The van der Waals surface area contributed by atoms with E-state index >= 15 is 0 Å². The first kappa shape index (κ1) is 28.2. The fourth-order valence-electron chi connectivity index (χ4n) is 5.01. The smallest absolute Gasteiger partial charge is 0.406 e. The summed E-state index contributed by atoms with van der Waals surface area (Å²) in [6.07, 6.45) is -2.36. The Kier molecular flexibility index (Phi) is 8.36. The van der Waals surface area contributed by atoms with Crippen molar-refractivity contribution in [1.82, 2.24) is 19.4 Å². The van der Waals surface area contributed by atoms with Crippen LogP contribution in [-0.2, 0) is 33.8 Å². The number of carbonyl (C=O) groups is 3. The van der Waals surface area contributed by atoms with Gasteiger partial charge in [-0.2, -0.15) is 13.2 Å². The van der Waals surface area contributed by atoms with Crippen molar-refractivity contribution >= 4 is 23.7 Å². The molecule has 0 saturated carbocycles. The minimum Gasteiger partial charge on any atom is -0.493 e. The van der Waals surface area contributed by atoms with E-state index in [1.54, 1.807) is 18.2 Å². The molecule has 0 saturated heterocycles. The van der Waals surface area contributed by atoms with Crippen LogP contribution >= 0.6 is 0 Å². The summed E-state index contributed by atoms with van der Waals surface area (Å²) in [5.74, 6) is -2.72. The van der Waals surface area contributed by atoms with Crippen LogP contribution in [0, 0.1) is 5.92 Å². The molecule has 2 N–H and O–H groups in total. The highest BCUT2D eigenvalue weighted by Gasteiger charge is 2.43. The third-order valence-corrected chi connectivity index (χ3v) is 6.90. The molecule has 39 heavy (non-hydrogen) atoms. The number of aliphatic carboxylic acids is 1. The van der Waals surface area contributed by atoms with Crippen molar-refractivity contribution in [2.75, 3.05) is 39.1 Å². The summed E-state index contributed by atoms with van der Waals surface area (Å²) in [6, 6.07) is 3.60. The molecule has 2 amide bonds. The number of nitrogens with one attached hydrogen (secondary N) is 1. The molecule has 1 unspecified atom stereocenters. The van der Waals surface area contributed by atoms with Gasteiger partial charge in [0.15, 0.2) is 0 Å². The number of amides is 2. The predicted molar refractivity (Wildman–Crippen MR) is 134 cm³/mol. The maximum Gasteiger partial charge on any atom is 0.406 e. The topological polar surface area (TPSA) is 117 Å². The number of benzene rings is 1. The van der Waals surface area contributed by atoms with Gasteiger partial charge in [-0.15, -0.1) is 0 Å². The van der Waals surface area contributed by atoms with Crippen LogP contribution in [0.5, 0.6) is 5.75 Å². The van der Waals surface area contributed by atoms with Gasteiger partial charge in [0.2, 0.25) is 17.8 Å². The number of imidazole rings is 1. The highest BCUT2D eigenvalue weighted by molar-refractivity contribution is 5.86. The number of carboxylic acid groups (broad SMARTS) is 1. The summed E-state index contributed by atoms with van der Waals surface area (Å²) < 4.78 is 48.8. The van der Waals surface area contributed by atoms with Crippen molar-refractivity contribution in [3.8, 4) is 5.75 Å². The third-order valence-electron chi connectivity index (χ3n) is 6.90. The van der Waals surface area contributed by atoms with E-state index in [1.807, 2.05) is 10.8 Å². The summed E-state index contributed by atoms with van der Waals surface area (Å²) in [5.41, 5.74) is 1.69. The van der Waals surface area contributed by atoms with Gasteiger partial charge in [0.25, 0.3) is 0 Å². The van der Waals surface area contributed by atoms with Gasteiger partial charge in [-0.3, -0.25) is 14.4 Å². The molecular weight excluding hydrogens is 519 g/mol. The largest absolute Gasteiger partial charge is 0.493 e. The average Bonchev–Trinajstić information content (AvgIpc) is 3.24. The molecular formula is C26H32F3N5O5. The molecule has 2 aliphatic heterocycles. The Bertz CT molecular complexity index is 1210. The zero-order chi connectivity index (χ0) is 28.3. The molecule has 2 aromatic rings. The van der Waals surface area contributed by atoms with E-state index in [0.29, 0.717) is 28.2 Å². The average molecular weight is 552 g/mol. The fourth-order valence-corrected chi connectivity index (χ4v) is 5.01. The Morgan fingerprint density at radius 2 is 2.03 bits per heavy atom. The van der Waals surface area contributed by atoms with E-state index in [-0.39, 0.29) is 13.0 Å². The molecule has 0 aliphatic carbocycles. The summed E-state index contributed by atoms with van der Waals surface area (Å²) >= 11 is 0. The van der Waals surface area contributed by atoms with Gasteiger partial charge in [-0.1, -0.05) is 6.07 Å². The van der Waals surface area contributed by atoms with Gasteiger partial charge in [-0.05, 0) is 36.1 Å². The van der Waals surface area contributed by atoms with Crippen molar-refractivity contribution in [1.29, 1.82) is 0 Å². The van der Waals surface area contributed by atoms with E-state index < -0.39 is 55.3 Å². The maximum atomic E-state index is 13.6. The normalized spacial score (nSPS) is 19.0. The Morgan fingerprint density at radius 3 is 2.69 bits per heavy atom. The van der Waals surface area contributed by atoms with Gasteiger partial charge >= 0.3 is 12.1 Å². The number of hydrogen-bond acceptors (Lipinski definition) is 6.